The van der Waals surface area contributed by atoms with E-state index in [1.54, 1.807) is 6.07 Å². The van der Waals surface area contributed by atoms with Gasteiger partial charge in [0.15, 0.2) is 0 Å². The van der Waals surface area contributed by atoms with Crippen molar-refractivity contribution in [2.75, 3.05) is 18.4 Å². The Hall–Kier alpha value is -2.04. The van der Waals surface area contributed by atoms with Gasteiger partial charge in [0.05, 0.1) is 6.54 Å². The fraction of sp³-hybridized carbons (Fsp3) is 0.467. The van der Waals surface area contributed by atoms with E-state index in [1.807, 2.05) is 26.0 Å². The number of hydrogen-bond donors (Lipinski definition) is 3. The molecule has 20 heavy (non-hydrogen) atoms. The largest absolute Gasteiger partial charge is 0.385 e. The quantitative estimate of drug-likeness (QED) is 0.735. The lowest BCUT2D eigenvalue weighted by molar-refractivity contribution is -0.120. The van der Waals surface area contributed by atoms with E-state index in [0.717, 1.165) is 30.6 Å². The molecule has 5 heteroatoms. The Labute approximate surface area is 119 Å². The summed E-state index contributed by atoms with van der Waals surface area (Å²) in [6.07, 6.45) is 2.09. The molecule has 0 radical (unpaired) electrons. The first-order chi connectivity index (χ1) is 9.60. The molecule has 1 aromatic carbocycles. The van der Waals surface area contributed by atoms with Gasteiger partial charge in [0.25, 0.3) is 5.91 Å². The van der Waals surface area contributed by atoms with Crippen LogP contribution in [0.25, 0.3) is 0 Å². The van der Waals surface area contributed by atoms with Gasteiger partial charge in [-0.25, -0.2) is 0 Å². The average Bonchev–Trinajstić information content (AvgIpc) is 3.22. The van der Waals surface area contributed by atoms with Crippen LogP contribution in [0.4, 0.5) is 5.69 Å². The molecule has 1 aliphatic rings. The molecule has 2 amide bonds. The van der Waals surface area contributed by atoms with E-state index in [0.29, 0.717) is 11.6 Å². The lowest BCUT2D eigenvalue weighted by Crippen LogP contribution is -2.37. The van der Waals surface area contributed by atoms with Gasteiger partial charge in [-0.3, -0.25) is 9.59 Å². The SMILES string of the molecule is CCNc1ccc(C(=O)NCC(=O)NC2CC2)cc1C. The molecular weight excluding hydrogens is 254 g/mol. The summed E-state index contributed by atoms with van der Waals surface area (Å²) < 4.78 is 0. The molecule has 0 aromatic heterocycles. The Kier molecular flexibility index (Phi) is 4.61. The predicted molar refractivity (Wildman–Crippen MR) is 78.8 cm³/mol. The van der Waals surface area contributed by atoms with E-state index in [4.69, 9.17) is 0 Å². The number of benzene rings is 1. The number of carbonyl (C=O) groups is 2. The molecule has 108 valence electrons. The molecule has 0 heterocycles. The van der Waals surface area contributed by atoms with Crippen LogP contribution in [0, 0.1) is 6.92 Å². The lowest BCUT2D eigenvalue weighted by atomic mass is 10.1. The van der Waals surface area contributed by atoms with Crippen LogP contribution in [-0.2, 0) is 4.79 Å². The van der Waals surface area contributed by atoms with E-state index < -0.39 is 0 Å². The van der Waals surface area contributed by atoms with Crippen molar-refractivity contribution < 1.29 is 9.59 Å². The second-order valence-corrected chi connectivity index (χ2v) is 5.08. The molecule has 0 atom stereocenters. The van der Waals surface area contributed by atoms with Crippen LogP contribution in [0.2, 0.25) is 0 Å². The van der Waals surface area contributed by atoms with Crippen molar-refractivity contribution in [3.05, 3.63) is 29.3 Å². The summed E-state index contributed by atoms with van der Waals surface area (Å²) in [6, 6.07) is 5.80. The van der Waals surface area contributed by atoms with Crippen LogP contribution in [0.15, 0.2) is 18.2 Å². The fourth-order valence-corrected chi connectivity index (χ4v) is 1.96. The summed E-state index contributed by atoms with van der Waals surface area (Å²) in [5.74, 6) is -0.344. The minimum Gasteiger partial charge on any atom is -0.385 e. The van der Waals surface area contributed by atoms with Crippen molar-refractivity contribution in [3.8, 4) is 0 Å². The molecule has 1 saturated carbocycles. The Balaban J connectivity index is 1.87. The molecule has 1 aromatic rings. The van der Waals surface area contributed by atoms with E-state index in [1.165, 1.54) is 0 Å². The van der Waals surface area contributed by atoms with E-state index in [-0.39, 0.29) is 18.4 Å². The van der Waals surface area contributed by atoms with Crippen molar-refractivity contribution in [3.63, 3.8) is 0 Å². The zero-order chi connectivity index (χ0) is 14.5. The number of anilines is 1. The smallest absolute Gasteiger partial charge is 0.251 e. The van der Waals surface area contributed by atoms with E-state index in [2.05, 4.69) is 16.0 Å². The number of amides is 2. The number of aryl methyl sites for hydroxylation is 1. The molecule has 0 aliphatic heterocycles. The highest BCUT2D eigenvalue weighted by Gasteiger charge is 2.23. The highest BCUT2D eigenvalue weighted by atomic mass is 16.2. The zero-order valence-electron chi connectivity index (χ0n) is 12.0. The predicted octanol–water partition coefficient (Wildman–Crippen LogP) is 1.44. The van der Waals surface area contributed by atoms with Crippen molar-refractivity contribution in [2.45, 2.75) is 32.7 Å². The van der Waals surface area contributed by atoms with Crippen LogP contribution < -0.4 is 16.0 Å². The molecule has 1 aliphatic carbocycles. The van der Waals surface area contributed by atoms with Crippen LogP contribution in [0.1, 0.15) is 35.7 Å². The van der Waals surface area contributed by atoms with Gasteiger partial charge in [-0.1, -0.05) is 0 Å². The zero-order valence-corrected chi connectivity index (χ0v) is 12.0. The lowest BCUT2D eigenvalue weighted by Gasteiger charge is -2.10. The fourth-order valence-electron chi connectivity index (χ4n) is 1.96. The van der Waals surface area contributed by atoms with Gasteiger partial charge in [0.1, 0.15) is 0 Å². The highest BCUT2D eigenvalue weighted by Crippen LogP contribution is 2.18. The molecule has 1 fully saturated rings. The van der Waals surface area contributed by atoms with Crippen LogP contribution in [0.5, 0.6) is 0 Å². The summed E-state index contributed by atoms with van der Waals surface area (Å²) in [5, 5.41) is 8.70. The van der Waals surface area contributed by atoms with Gasteiger partial charge < -0.3 is 16.0 Å². The minimum atomic E-state index is -0.220. The van der Waals surface area contributed by atoms with Gasteiger partial charge >= 0.3 is 0 Å². The van der Waals surface area contributed by atoms with Crippen molar-refractivity contribution in [2.24, 2.45) is 0 Å². The van der Waals surface area contributed by atoms with Gasteiger partial charge in [-0.05, 0) is 50.5 Å². The first kappa shape index (κ1) is 14.4. The summed E-state index contributed by atoms with van der Waals surface area (Å²) in [6.45, 7) is 4.85. The molecule has 0 bridgehead atoms. The first-order valence-electron chi connectivity index (χ1n) is 7.02. The molecule has 0 saturated heterocycles. The van der Waals surface area contributed by atoms with E-state index in [9.17, 15) is 9.59 Å². The van der Waals surface area contributed by atoms with Crippen molar-refractivity contribution in [1.29, 1.82) is 0 Å². The standard InChI is InChI=1S/C15H21N3O2/c1-3-16-13-7-4-11(8-10(13)2)15(20)17-9-14(19)18-12-5-6-12/h4,7-8,12,16H,3,5-6,9H2,1-2H3,(H,17,20)(H,18,19). The molecule has 5 nitrogen and oxygen atoms in total. The molecule has 2 rings (SSSR count). The number of carbonyl (C=O) groups excluding carboxylic acids is 2. The van der Waals surface area contributed by atoms with Crippen molar-refractivity contribution >= 4 is 17.5 Å². The third-order valence-electron chi connectivity index (χ3n) is 3.21. The summed E-state index contributed by atoms with van der Waals surface area (Å²) in [7, 11) is 0. The molecule has 0 unspecified atom stereocenters. The Bertz CT molecular complexity index is 510. The van der Waals surface area contributed by atoms with Crippen LogP contribution in [-0.4, -0.2) is 30.9 Å². The monoisotopic (exact) mass is 275 g/mol. The second kappa shape index (κ2) is 6.41. The molecule has 0 spiro atoms. The maximum absolute atomic E-state index is 12.0. The van der Waals surface area contributed by atoms with Gasteiger partial charge in [0, 0.05) is 23.8 Å². The van der Waals surface area contributed by atoms with Gasteiger partial charge in [0.2, 0.25) is 5.91 Å². The Morgan fingerprint density at radius 3 is 2.65 bits per heavy atom. The Morgan fingerprint density at radius 1 is 1.30 bits per heavy atom. The van der Waals surface area contributed by atoms with Gasteiger partial charge in [-0.15, -0.1) is 0 Å². The first-order valence-corrected chi connectivity index (χ1v) is 7.02. The summed E-state index contributed by atoms with van der Waals surface area (Å²) in [5.41, 5.74) is 2.61. The average molecular weight is 275 g/mol. The molecule has 3 N–H and O–H groups in total. The number of rotatable bonds is 6. The number of hydrogen-bond acceptors (Lipinski definition) is 3. The van der Waals surface area contributed by atoms with Crippen LogP contribution in [0.3, 0.4) is 0 Å². The summed E-state index contributed by atoms with van der Waals surface area (Å²) >= 11 is 0. The maximum Gasteiger partial charge on any atom is 0.251 e. The summed E-state index contributed by atoms with van der Waals surface area (Å²) in [4.78, 5) is 23.5. The third kappa shape index (κ3) is 3.98. The third-order valence-corrected chi connectivity index (χ3v) is 3.21. The molecular formula is C15H21N3O2. The van der Waals surface area contributed by atoms with Gasteiger partial charge in [-0.2, -0.15) is 0 Å². The Morgan fingerprint density at radius 2 is 2.05 bits per heavy atom. The normalized spacial score (nSPS) is 13.7. The topological polar surface area (TPSA) is 70.2 Å². The maximum atomic E-state index is 12.0. The van der Waals surface area contributed by atoms with E-state index >= 15 is 0 Å². The second-order valence-electron chi connectivity index (χ2n) is 5.08. The highest BCUT2D eigenvalue weighted by molar-refractivity contribution is 5.97. The van der Waals surface area contributed by atoms with Crippen molar-refractivity contribution in [1.82, 2.24) is 10.6 Å². The number of nitrogens with one attached hydrogen (secondary N) is 3. The van der Waals surface area contributed by atoms with Crippen LogP contribution >= 0.6 is 0 Å². The minimum absolute atomic E-state index is 0.0311.